The lowest BCUT2D eigenvalue weighted by Crippen LogP contribution is -2.29. The van der Waals surface area contributed by atoms with Crippen LogP contribution in [0.5, 0.6) is 0 Å². The Balaban J connectivity index is 1.35. The third-order valence-electron chi connectivity index (χ3n) is 7.11. The smallest absolute Gasteiger partial charge is 0.278 e. The summed E-state index contributed by atoms with van der Waals surface area (Å²) in [5.74, 6) is 1.51. The van der Waals surface area contributed by atoms with Gasteiger partial charge in [-0.15, -0.1) is 6.58 Å². The van der Waals surface area contributed by atoms with Crippen molar-refractivity contribution in [2.45, 2.75) is 25.3 Å². The second-order valence-corrected chi connectivity index (χ2v) is 9.71. The van der Waals surface area contributed by atoms with Crippen molar-refractivity contribution in [3.63, 3.8) is 0 Å². The highest BCUT2D eigenvalue weighted by atomic mass is 16.1. The Morgan fingerprint density at radius 3 is 2.56 bits per heavy atom. The molecular formula is C29H29N9O. The first-order chi connectivity index (χ1) is 19.1. The summed E-state index contributed by atoms with van der Waals surface area (Å²) in [6.45, 7) is 6.36. The molecule has 39 heavy (non-hydrogen) atoms. The van der Waals surface area contributed by atoms with Gasteiger partial charge >= 0.3 is 0 Å². The number of nitrogens with one attached hydrogen (secondary N) is 1. The number of hydrogen-bond acceptors (Lipinski definition) is 8. The highest BCUT2D eigenvalue weighted by molar-refractivity contribution is 5.77. The summed E-state index contributed by atoms with van der Waals surface area (Å²) in [4.78, 5) is 38.1. The van der Waals surface area contributed by atoms with Crippen molar-refractivity contribution in [1.29, 1.82) is 0 Å². The van der Waals surface area contributed by atoms with Crippen molar-refractivity contribution in [1.82, 2.24) is 39.2 Å². The van der Waals surface area contributed by atoms with Crippen LogP contribution < -0.4 is 10.9 Å². The molecule has 1 aromatic carbocycles. The maximum atomic E-state index is 13.3. The van der Waals surface area contributed by atoms with Gasteiger partial charge in [-0.25, -0.2) is 19.3 Å². The predicted molar refractivity (Wildman–Crippen MR) is 151 cm³/mol. The molecule has 4 aromatic heterocycles. The zero-order valence-electron chi connectivity index (χ0n) is 21.7. The normalized spacial score (nSPS) is 14.5. The maximum Gasteiger partial charge on any atom is 0.278 e. The van der Waals surface area contributed by atoms with Gasteiger partial charge in [-0.1, -0.05) is 24.3 Å². The Bertz CT molecular complexity index is 1670. The van der Waals surface area contributed by atoms with E-state index in [0.29, 0.717) is 40.1 Å². The quantitative estimate of drug-likeness (QED) is 0.319. The van der Waals surface area contributed by atoms with Crippen LogP contribution in [-0.4, -0.2) is 59.3 Å². The summed E-state index contributed by atoms with van der Waals surface area (Å²) >= 11 is 0. The van der Waals surface area contributed by atoms with Gasteiger partial charge in [-0.05, 0) is 68.7 Å². The number of allylic oxidation sites excluding steroid dienone is 1. The fourth-order valence-corrected chi connectivity index (χ4v) is 5.03. The number of pyridine rings is 1. The lowest BCUT2D eigenvalue weighted by Gasteiger charge is -2.29. The molecule has 10 heteroatoms. The van der Waals surface area contributed by atoms with E-state index < -0.39 is 0 Å². The Labute approximate surface area is 225 Å². The number of aromatic nitrogens is 7. The molecule has 1 fully saturated rings. The van der Waals surface area contributed by atoms with Crippen molar-refractivity contribution in [3.8, 4) is 17.2 Å². The number of piperidine rings is 1. The lowest BCUT2D eigenvalue weighted by atomic mass is 9.89. The summed E-state index contributed by atoms with van der Waals surface area (Å²) in [6, 6.07) is 14.0. The van der Waals surface area contributed by atoms with Gasteiger partial charge in [0.15, 0.2) is 11.5 Å². The van der Waals surface area contributed by atoms with Crippen LogP contribution in [0.15, 0.2) is 84.7 Å². The second kappa shape index (κ2) is 10.6. The van der Waals surface area contributed by atoms with Gasteiger partial charge in [0.2, 0.25) is 5.95 Å². The first kappa shape index (κ1) is 24.6. The first-order valence-corrected chi connectivity index (χ1v) is 13.0. The van der Waals surface area contributed by atoms with Crippen LogP contribution in [-0.2, 0) is 6.54 Å². The number of hydrogen-bond donors (Lipinski definition) is 1. The van der Waals surface area contributed by atoms with Gasteiger partial charge in [0.1, 0.15) is 11.1 Å². The minimum absolute atomic E-state index is 0.217. The molecule has 0 spiro atoms. The highest BCUT2D eigenvalue weighted by Gasteiger charge is 2.20. The Morgan fingerprint density at radius 2 is 1.82 bits per heavy atom. The van der Waals surface area contributed by atoms with Crippen LogP contribution >= 0.6 is 0 Å². The summed E-state index contributed by atoms with van der Waals surface area (Å²) in [5.41, 5.74) is 3.74. The summed E-state index contributed by atoms with van der Waals surface area (Å²) in [7, 11) is 2.18. The summed E-state index contributed by atoms with van der Waals surface area (Å²) < 4.78 is 3.25. The second-order valence-electron chi connectivity index (χ2n) is 9.71. The Kier molecular flexibility index (Phi) is 6.68. The van der Waals surface area contributed by atoms with Crippen LogP contribution in [0.2, 0.25) is 0 Å². The van der Waals surface area contributed by atoms with Gasteiger partial charge in [-0.3, -0.25) is 14.8 Å². The molecule has 0 radical (unpaired) electrons. The molecule has 10 nitrogen and oxygen atoms in total. The van der Waals surface area contributed by atoms with E-state index in [1.807, 2.05) is 18.2 Å². The SMILES string of the molecule is C=CCn1c(=O)c2cnc(Nc3ccc(C4CCN(C)CC4)cc3)nc2n1-c1cccc(-c2cnccn2)n1. The number of benzene rings is 1. The topological polar surface area (TPSA) is 107 Å². The molecule has 0 saturated carbocycles. The fraction of sp³-hybridized carbons (Fsp3) is 0.241. The van der Waals surface area contributed by atoms with E-state index >= 15 is 0 Å². The number of likely N-dealkylation sites (tertiary alicyclic amines) is 1. The molecule has 1 aliphatic heterocycles. The fourth-order valence-electron chi connectivity index (χ4n) is 5.03. The largest absolute Gasteiger partial charge is 0.324 e. The monoisotopic (exact) mass is 519 g/mol. The Morgan fingerprint density at radius 1 is 1.00 bits per heavy atom. The zero-order chi connectivity index (χ0) is 26.8. The molecule has 1 aliphatic rings. The molecule has 5 heterocycles. The van der Waals surface area contributed by atoms with E-state index in [-0.39, 0.29) is 12.1 Å². The van der Waals surface area contributed by atoms with Crippen molar-refractivity contribution < 1.29 is 0 Å². The Hall–Kier alpha value is -4.70. The van der Waals surface area contributed by atoms with Crippen LogP contribution in [0, 0.1) is 0 Å². The molecule has 1 N–H and O–H groups in total. The summed E-state index contributed by atoms with van der Waals surface area (Å²) in [5, 5.41) is 3.69. The zero-order valence-corrected chi connectivity index (χ0v) is 21.7. The van der Waals surface area contributed by atoms with Gasteiger partial charge in [0, 0.05) is 24.3 Å². The van der Waals surface area contributed by atoms with E-state index in [9.17, 15) is 4.79 Å². The molecule has 0 unspecified atom stereocenters. The number of fused-ring (bicyclic) bond motifs is 1. The van der Waals surface area contributed by atoms with Gasteiger partial charge in [0.25, 0.3) is 5.56 Å². The van der Waals surface area contributed by atoms with Crippen LogP contribution in [0.1, 0.15) is 24.3 Å². The van der Waals surface area contributed by atoms with Crippen molar-refractivity contribution in [3.05, 3.63) is 95.8 Å². The highest BCUT2D eigenvalue weighted by Crippen LogP contribution is 2.29. The number of anilines is 2. The van der Waals surface area contributed by atoms with E-state index in [4.69, 9.17) is 9.97 Å². The summed E-state index contributed by atoms with van der Waals surface area (Å²) in [6.07, 6.45) is 10.5. The van der Waals surface area contributed by atoms with Crippen LogP contribution in [0.3, 0.4) is 0 Å². The molecular weight excluding hydrogens is 490 g/mol. The van der Waals surface area contributed by atoms with Crippen LogP contribution in [0.25, 0.3) is 28.2 Å². The predicted octanol–water partition coefficient (Wildman–Crippen LogP) is 4.17. The molecule has 0 atom stereocenters. The minimum atomic E-state index is -0.217. The van der Waals surface area contributed by atoms with Crippen molar-refractivity contribution in [2.24, 2.45) is 0 Å². The molecule has 196 valence electrons. The van der Waals surface area contributed by atoms with Gasteiger partial charge < -0.3 is 10.2 Å². The maximum absolute atomic E-state index is 13.3. The van der Waals surface area contributed by atoms with Gasteiger partial charge in [0.05, 0.1) is 18.4 Å². The third-order valence-corrected chi connectivity index (χ3v) is 7.11. The standard InChI is InChI=1S/C29H29N9O/c1-3-15-37-28(39)23-18-32-29(33-22-9-7-20(8-10-22)21-11-16-36(2)17-12-21)35-27(23)38(37)26-6-4-5-24(34-26)25-19-30-13-14-31-25/h3-10,13-14,18-19,21H,1,11-12,15-17H2,2H3,(H,32,33,35). The number of nitrogens with zero attached hydrogens (tertiary/aromatic N) is 8. The molecule has 0 amide bonds. The average Bonchev–Trinajstić information content (AvgIpc) is 3.25. The van der Waals surface area contributed by atoms with E-state index in [1.54, 1.807) is 40.2 Å². The molecule has 0 bridgehead atoms. The third kappa shape index (κ3) is 4.94. The van der Waals surface area contributed by atoms with Crippen LogP contribution in [0.4, 0.5) is 11.6 Å². The molecule has 0 aliphatic carbocycles. The van der Waals surface area contributed by atoms with E-state index in [0.717, 1.165) is 18.8 Å². The lowest BCUT2D eigenvalue weighted by molar-refractivity contribution is 0.255. The van der Waals surface area contributed by atoms with Crippen molar-refractivity contribution >= 4 is 22.7 Å². The first-order valence-electron chi connectivity index (χ1n) is 13.0. The van der Waals surface area contributed by atoms with Gasteiger partial charge in [-0.2, -0.15) is 4.98 Å². The van der Waals surface area contributed by atoms with E-state index in [1.165, 1.54) is 18.4 Å². The van der Waals surface area contributed by atoms with Crippen molar-refractivity contribution in [2.75, 3.05) is 25.5 Å². The van der Waals surface area contributed by atoms with E-state index in [2.05, 4.69) is 63.1 Å². The molecule has 1 saturated heterocycles. The molecule has 6 rings (SSSR count). The minimum Gasteiger partial charge on any atom is -0.324 e. The molecule has 5 aromatic rings. The average molecular weight is 520 g/mol. The number of rotatable bonds is 7.